The van der Waals surface area contributed by atoms with E-state index >= 15 is 0 Å². The van der Waals surface area contributed by atoms with Crippen LogP contribution in [0.2, 0.25) is 0 Å². The molecule has 1 aliphatic heterocycles. The second kappa shape index (κ2) is 8.23. The molecule has 0 unspecified atom stereocenters. The van der Waals surface area contributed by atoms with E-state index in [1.54, 1.807) is 0 Å². The third-order valence-corrected chi connectivity index (χ3v) is 4.73. The minimum Gasteiger partial charge on any atom is -0.494 e. The number of fused-ring (bicyclic) bond motifs is 1. The molecule has 0 aliphatic carbocycles. The first-order chi connectivity index (χ1) is 13.7. The molecule has 28 heavy (non-hydrogen) atoms. The van der Waals surface area contributed by atoms with Gasteiger partial charge in [0.15, 0.2) is 5.11 Å². The number of para-hydroxylation sites is 1. The minimum atomic E-state index is 0.439. The fraction of sp³-hybridized carbons (Fsp3) is 0.130. The summed E-state index contributed by atoms with van der Waals surface area (Å²) in [6.07, 6.45) is 0. The maximum absolute atomic E-state index is 5.56. The maximum atomic E-state index is 5.56. The molecule has 0 amide bonds. The van der Waals surface area contributed by atoms with Gasteiger partial charge in [0.1, 0.15) is 11.6 Å². The molecule has 0 atom stereocenters. The van der Waals surface area contributed by atoms with Crippen molar-refractivity contribution in [2.75, 3.05) is 16.8 Å². The van der Waals surface area contributed by atoms with Crippen LogP contribution in [0, 0.1) is 0 Å². The zero-order valence-corrected chi connectivity index (χ0v) is 16.4. The molecule has 0 saturated carbocycles. The van der Waals surface area contributed by atoms with Gasteiger partial charge in [0, 0.05) is 16.9 Å². The molecule has 0 aromatic heterocycles. The Balaban J connectivity index is 1.65. The summed E-state index contributed by atoms with van der Waals surface area (Å²) >= 11 is 5.51. The molecular weight excluding hydrogens is 366 g/mol. The molecule has 0 fully saturated rings. The lowest BCUT2D eigenvalue weighted by Crippen LogP contribution is -2.26. The number of nitrogens with zero attached hydrogens (tertiary/aromatic N) is 2. The van der Waals surface area contributed by atoms with Crippen molar-refractivity contribution >= 4 is 34.5 Å². The number of rotatable bonds is 4. The van der Waals surface area contributed by atoms with Crippen LogP contribution in [-0.4, -0.2) is 17.6 Å². The molecule has 3 aromatic rings. The number of ether oxygens (including phenoxy) is 1. The highest BCUT2D eigenvalue weighted by molar-refractivity contribution is 7.80. The van der Waals surface area contributed by atoms with E-state index < -0.39 is 0 Å². The molecule has 5 heteroatoms. The van der Waals surface area contributed by atoms with Crippen molar-refractivity contribution in [2.24, 2.45) is 4.99 Å². The first kappa shape index (κ1) is 18.2. The van der Waals surface area contributed by atoms with E-state index in [1.807, 2.05) is 55.5 Å². The van der Waals surface area contributed by atoms with Crippen molar-refractivity contribution in [1.29, 1.82) is 0 Å². The second-order valence-corrected chi connectivity index (χ2v) is 6.79. The van der Waals surface area contributed by atoms with Crippen molar-refractivity contribution in [3.05, 3.63) is 90.0 Å². The van der Waals surface area contributed by atoms with Gasteiger partial charge in [0.05, 0.1) is 13.2 Å². The van der Waals surface area contributed by atoms with Gasteiger partial charge in [-0.3, -0.25) is 0 Å². The topological polar surface area (TPSA) is 36.9 Å². The lowest BCUT2D eigenvalue weighted by Gasteiger charge is -2.20. The second-order valence-electron chi connectivity index (χ2n) is 6.40. The smallest absolute Gasteiger partial charge is 0.199 e. The lowest BCUT2D eigenvalue weighted by atomic mass is 10.1. The zero-order chi connectivity index (χ0) is 19.3. The summed E-state index contributed by atoms with van der Waals surface area (Å²) in [5, 5.41) is 3.63. The predicted molar refractivity (Wildman–Crippen MR) is 119 cm³/mol. The molecule has 0 bridgehead atoms. The molecular formula is C23H21N3OS. The molecule has 0 spiro atoms. The number of benzene rings is 3. The summed E-state index contributed by atoms with van der Waals surface area (Å²) in [6.45, 7) is 3.40. The van der Waals surface area contributed by atoms with Crippen LogP contribution in [-0.2, 0) is 6.54 Å². The summed E-state index contributed by atoms with van der Waals surface area (Å²) in [6, 6.07) is 26.2. The Morgan fingerprint density at radius 1 is 1.00 bits per heavy atom. The Morgan fingerprint density at radius 2 is 1.71 bits per heavy atom. The zero-order valence-electron chi connectivity index (χ0n) is 15.6. The van der Waals surface area contributed by atoms with Crippen LogP contribution in [0.15, 0.2) is 83.9 Å². The largest absolute Gasteiger partial charge is 0.494 e. The van der Waals surface area contributed by atoms with Gasteiger partial charge in [-0.2, -0.15) is 0 Å². The van der Waals surface area contributed by atoms with Crippen LogP contribution in [0.3, 0.4) is 0 Å². The molecule has 1 aliphatic rings. The standard InChI is InChI=1S/C23H21N3OS/c1-2-27-20-14-12-19(13-15-20)26-16-17-8-6-7-11-21(17)22(26)25-23(28)24-18-9-4-3-5-10-18/h3-15H,2,16H2,1H3,(H,24,28). The summed E-state index contributed by atoms with van der Waals surface area (Å²) in [5.41, 5.74) is 4.32. The minimum absolute atomic E-state index is 0.439. The highest BCUT2D eigenvalue weighted by Crippen LogP contribution is 2.30. The van der Waals surface area contributed by atoms with Crippen molar-refractivity contribution in [3.63, 3.8) is 0 Å². The van der Waals surface area contributed by atoms with Gasteiger partial charge in [0.25, 0.3) is 0 Å². The summed E-state index contributed by atoms with van der Waals surface area (Å²) in [4.78, 5) is 6.94. The van der Waals surface area contributed by atoms with E-state index in [-0.39, 0.29) is 0 Å². The fourth-order valence-electron chi connectivity index (χ4n) is 3.26. The van der Waals surface area contributed by atoms with Gasteiger partial charge in [-0.15, -0.1) is 0 Å². The Bertz CT molecular complexity index is 1000. The normalized spacial score (nSPS) is 14.0. The van der Waals surface area contributed by atoms with Crippen LogP contribution in [0.5, 0.6) is 5.75 Å². The molecule has 4 rings (SSSR count). The van der Waals surface area contributed by atoms with Crippen molar-refractivity contribution in [1.82, 2.24) is 0 Å². The SMILES string of the molecule is CCOc1ccc(N2Cc3ccccc3C2=NC(=S)Nc2ccccc2)cc1. The average Bonchev–Trinajstić information content (AvgIpc) is 3.08. The van der Waals surface area contributed by atoms with Gasteiger partial charge >= 0.3 is 0 Å². The van der Waals surface area contributed by atoms with Crippen molar-refractivity contribution in [3.8, 4) is 5.75 Å². The van der Waals surface area contributed by atoms with Gasteiger partial charge in [-0.05, 0) is 61.1 Å². The number of hydrogen-bond acceptors (Lipinski definition) is 2. The third kappa shape index (κ3) is 3.89. The lowest BCUT2D eigenvalue weighted by molar-refractivity contribution is 0.340. The summed E-state index contributed by atoms with van der Waals surface area (Å²) in [5.74, 6) is 1.72. The van der Waals surface area contributed by atoms with Crippen LogP contribution >= 0.6 is 12.2 Å². The number of thiocarbonyl (C=S) groups is 1. The summed E-state index contributed by atoms with van der Waals surface area (Å²) < 4.78 is 5.56. The monoisotopic (exact) mass is 387 g/mol. The number of nitrogens with one attached hydrogen (secondary N) is 1. The van der Waals surface area contributed by atoms with E-state index in [4.69, 9.17) is 21.9 Å². The Morgan fingerprint density at radius 3 is 2.46 bits per heavy atom. The molecule has 4 nitrogen and oxygen atoms in total. The highest BCUT2D eigenvalue weighted by atomic mass is 32.1. The van der Waals surface area contributed by atoms with Crippen molar-refractivity contribution in [2.45, 2.75) is 13.5 Å². The fourth-order valence-corrected chi connectivity index (χ4v) is 3.46. The van der Waals surface area contributed by atoms with Gasteiger partial charge in [-0.25, -0.2) is 4.99 Å². The number of aliphatic imine (C=N–C) groups is 1. The van der Waals surface area contributed by atoms with Gasteiger partial charge in [-0.1, -0.05) is 42.5 Å². The Labute approximate surface area is 170 Å². The van der Waals surface area contributed by atoms with E-state index in [2.05, 4.69) is 40.5 Å². The summed E-state index contributed by atoms with van der Waals surface area (Å²) in [7, 11) is 0. The Hall–Kier alpha value is -3.18. The molecule has 1 heterocycles. The van der Waals surface area contributed by atoms with Gasteiger partial charge < -0.3 is 15.0 Å². The first-order valence-corrected chi connectivity index (χ1v) is 9.69. The van der Waals surface area contributed by atoms with E-state index in [9.17, 15) is 0 Å². The average molecular weight is 388 g/mol. The van der Waals surface area contributed by atoms with Crippen LogP contribution in [0.1, 0.15) is 18.1 Å². The van der Waals surface area contributed by atoms with Crippen LogP contribution in [0.25, 0.3) is 0 Å². The number of hydrogen-bond donors (Lipinski definition) is 1. The number of amidine groups is 1. The van der Waals surface area contributed by atoms with E-state index in [0.29, 0.717) is 11.7 Å². The molecule has 1 N–H and O–H groups in total. The molecule has 0 saturated heterocycles. The van der Waals surface area contributed by atoms with Gasteiger partial charge in [0.2, 0.25) is 0 Å². The van der Waals surface area contributed by atoms with E-state index in [0.717, 1.165) is 35.1 Å². The van der Waals surface area contributed by atoms with Crippen LogP contribution < -0.4 is 15.0 Å². The third-order valence-electron chi connectivity index (χ3n) is 4.53. The van der Waals surface area contributed by atoms with E-state index in [1.165, 1.54) is 5.56 Å². The predicted octanol–water partition coefficient (Wildman–Crippen LogP) is 5.25. The quantitative estimate of drug-likeness (QED) is 0.621. The van der Waals surface area contributed by atoms with Crippen molar-refractivity contribution < 1.29 is 4.74 Å². The van der Waals surface area contributed by atoms with Crippen LogP contribution in [0.4, 0.5) is 11.4 Å². The number of anilines is 2. The molecule has 0 radical (unpaired) electrons. The maximum Gasteiger partial charge on any atom is 0.199 e. The Kier molecular flexibility index (Phi) is 5.35. The highest BCUT2D eigenvalue weighted by Gasteiger charge is 2.26. The molecule has 3 aromatic carbocycles. The first-order valence-electron chi connectivity index (χ1n) is 9.28. The molecule has 140 valence electrons.